The number of anilines is 1. The molecule has 220 valence electrons. The average Bonchev–Trinajstić information content (AvgIpc) is 3.33. The van der Waals surface area contributed by atoms with Crippen molar-refractivity contribution in [1.29, 1.82) is 0 Å². The van der Waals surface area contributed by atoms with Crippen molar-refractivity contribution in [3.63, 3.8) is 0 Å². The third-order valence-corrected chi connectivity index (χ3v) is 6.78. The highest BCUT2D eigenvalue weighted by Gasteiger charge is 2.32. The summed E-state index contributed by atoms with van der Waals surface area (Å²) in [6.45, 7) is -0.342. The van der Waals surface area contributed by atoms with Gasteiger partial charge in [-0.15, -0.1) is 10.2 Å². The van der Waals surface area contributed by atoms with Crippen molar-refractivity contribution < 1.29 is 40.3 Å². The Morgan fingerprint density at radius 1 is 0.881 bits per heavy atom. The molecule has 0 saturated carbocycles. The molecule has 0 spiro atoms. The first-order valence-corrected chi connectivity index (χ1v) is 13.0. The lowest BCUT2D eigenvalue weighted by molar-refractivity contribution is -0.138. The standard InChI is InChI=1S/C26H17ClF7N5O2S/c27-19-8-7-16(26(32,33)34)11-20(19)36-22(40)13-42-24-38-37-21(12-35-23(41)14-3-1-5-17(28)9-14)39(24)18-6-2-4-15(10-18)25(29,30)31/h1-11H,12-13H2,(H,35,41)(H,36,40). The number of carbonyl (C=O) groups is 2. The molecule has 2 N–H and O–H groups in total. The van der Waals surface area contributed by atoms with Crippen molar-refractivity contribution >= 4 is 40.9 Å². The van der Waals surface area contributed by atoms with Crippen LogP contribution in [0, 0.1) is 5.82 Å². The zero-order valence-corrected chi connectivity index (χ0v) is 22.4. The molecule has 0 bridgehead atoms. The molecule has 0 aliphatic rings. The molecule has 0 aliphatic heterocycles. The Morgan fingerprint density at radius 2 is 1.57 bits per heavy atom. The molecule has 0 aliphatic carbocycles. The van der Waals surface area contributed by atoms with Gasteiger partial charge in [0.15, 0.2) is 11.0 Å². The Bertz CT molecular complexity index is 1630. The highest BCUT2D eigenvalue weighted by molar-refractivity contribution is 7.99. The summed E-state index contributed by atoms with van der Waals surface area (Å²) in [6, 6.07) is 11.3. The van der Waals surface area contributed by atoms with Crippen LogP contribution in [0.2, 0.25) is 5.02 Å². The van der Waals surface area contributed by atoms with Gasteiger partial charge in [0.2, 0.25) is 5.91 Å². The van der Waals surface area contributed by atoms with Gasteiger partial charge in [-0.25, -0.2) is 4.39 Å². The molecule has 0 fully saturated rings. The van der Waals surface area contributed by atoms with Crippen LogP contribution < -0.4 is 10.6 Å². The lowest BCUT2D eigenvalue weighted by atomic mass is 10.2. The van der Waals surface area contributed by atoms with E-state index in [1.165, 1.54) is 22.8 Å². The maximum Gasteiger partial charge on any atom is 0.416 e. The monoisotopic (exact) mass is 631 g/mol. The fourth-order valence-electron chi connectivity index (χ4n) is 3.59. The first-order chi connectivity index (χ1) is 19.7. The predicted octanol–water partition coefficient (Wildman–Crippen LogP) is 6.76. The number of nitrogens with zero attached hydrogens (tertiary/aromatic N) is 3. The van der Waals surface area contributed by atoms with Crippen LogP contribution in [-0.4, -0.2) is 32.3 Å². The number of thioether (sulfide) groups is 1. The van der Waals surface area contributed by atoms with Gasteiger partial charge < -0.3 is 10.6 Å². The van der Waals surface area contributed by atoms with Gasteiger partial charge in [-0.05, 0) is 54.6 Å². The summed E-state index contributed by atoms with van der Waals surface area (Å²) < 4.78 is 94.1. The first kappa shape index (κ1) is 30.8. The highest BCUT2D eigenvalue weighted by atomic mass is 35.5. The molecule has 42 heavy (non-hydrogen) atoms. The van der Waals surface area contributed by atoms with E-state index in [0.717, 1.165) is 54.2 Å². The number of benzene rings is 3. The van der Waals surface area contributed by atoms with Crippen LogP contribution in [0.15, 0.2) is 71.9 Å². The Labute approximate surface area is 242 Å². The fourth-order valence-corrected chi connectivity index (χ4v) is 4.53. The molecule has 4 aromatic rings. The zero-order valence-electron chi connectivity index (χ0n) is 20.9. The van der Waals surface area contributed by atoms with Crippen LogP contribution in [-0.2, 0) is 23.7 Å². The van der Waals surface area contributed by atoms with Crippen molar-refractivity contribution in [3.05, 3.63) is 100 Å². The van der Waals surface area contributed by atoms with E-state index in [1.807, 2.05) is 0 Å². The minimum Gasteiger partial charge on any atom is -0.345 e. The third-order valence-electron chi connectivity index (χ3n) is 5.53. The van der Waals surface area contributed by atoms with Crippen molar-refractivity contribution in [2.24, 2.45) is 0 Å². The zero-order chi connectivity index (χ0) is 30.7. The SMILES string of the molecule is O=C(CSc1nnc(CNC(=O)c2cccc(F)c2)n1-c1cccc(C(F)(F)F)c1)Nc1cc(C(F)(F)F)ccc1Cl. The summed E-state index contributed by atoms with van der Waals surface area (Å²) in [7, 11) is 0. The fraction of sp³-hybridized carbons (Fsp3) is 0.154. The van der Waals surface area contributed by atoms with Gasteiger partial charge >= 0.3 is 12.4 Å². The number of alkyl halides is 6. The van der Waals surface area contributed by atoms with Gasteiger partial charge in [0.25, 0.3) is 5.91 Å². The normalized spacial score (nSPS) is 11.8. The highest BCUT2D eigenvalue weighted by Crippen LogP contribution is 2.34. The lowest BCUT2D eigenvalue weighted by Gasteiger charge is -2.14. The van der Waals surface area contributed by atoms with Gasteiger partial charge in [-0.3, -0.25) is 14.2 Å². The quantitative estimate of drug-likeness (QED) is 0.166. The number of halogens is 8. The Hall–Kier alpha value is -4.11. The van der Waals surface area contributed by atoms with Gasteiger partial charge in [-0.1, -0.05) is 35.5 Å². The van der Waals surface area contributed by atoms with Crippen LogP contribution in [0.1, 0.15) is 27.3 Å². The second-order valence-corrected chi connectivity index (χ2v) is 9.85. The van der Waals surface area contributed by atoms with Crippen LogP contribution in [0.5, 0.6) is 0 Å². The number of aromatic nitrogens is 3. The second kappa shape index (κ2) is 12.4. The maximum absolute atomic E-state index is 13.5. The van der Waals surface area contributed by atoms with Gasteiger partial charge in [0, 0.05) is 5.56 Å². The maximum atomic E-state index is 13.5. The number of amides is 2. The molecule has 16 heteroatoms. The van der Waals surface area contributed by atoms with Crippen LogP contribution in [0.25, 0.3) is 5.69 Å². The number of hydrogen-bond acceptors (Lipinski definition) is 5. The van der Waals surface area contributed by atoms with Crippen LogP contribution >= 0.6 is 23.4 Å². The Morgan fingerprint density at radius 3 is 2.26 bits per heavy atom. The topological polar surface area (TPSA) is 88.9 Å². The van der Waals surface area contributed by atoms with Gasteiger partial charge in [0.1, 0.15) is 5.82 Å². The number of nitrogens with one attached hydrogen (secondary N) is 2. The van der Waals surface area contributed by atoms with Gasteiger partial charge in [0.05, 0.1) is 39.8 Å². The number of hydrogen-bond donors (Lipinski definition) is 2. The molecule has 0 saturated heterocycles. The predicted molar refractivity (Wildman–Crippen MR) is 140 cm³/mol. The van der Waals surface area contributed by atoms with E-state index in [9.17, 15) is 40.3 Å². The molecule has 0 atom stereocenters. The summed E-state index contributed by atoms with van der Waals surface area (Å²) in [4.78, 5) is 25.1. The summed E-state index contributed by atoms with van der Waals surface area (Å²) >= 11 is 6.64. The van der Waals surface area contributed by atoms with Crippen LogP contribution in [0.3, 0.4) is 0 Å². The molecule has 3 aromatic carbocycles. The van der Waals surface area contributed by atoms with Crippen molar-refractivity contribution in [2.45, 2.75) is 24.1 Å². The smallest absolute Gasteiger partial charge is 0.345 e. The van der Waals surface area contributed by atoms with E-state index >= 15 is 0 Å². The summed E-state index contributed by atoms with van der Waals surface area (Å²) in [5, 5.41) is 12.4. The molecule has 7 nitrogen and oxygen atoms in total. The second-order valence-electron chi connectivity index (χ2n) is 8.50. The van der Waals surface area contributed by atoms with Crippen molar-refractivity contribution in [3.8, 4) is 5.69 Å². The minimum absolute atomic E-state index is 0.0142. The molecule has 4 rings (SSSR count). The molecular weight excluding hydrogens is 615 g/mol. The minimum atomic E-state index is -4.69. The summed E-state index contributed by atoms with van der Waals surface area (Å²) in [5.74, 6) is -2.61. The largest absolute Gasteiger partial charge is 0.416 e. The van der Waals surface area contributed by atoms with E-state index in [-0.39, 0.29) is 39.5 Å². The first-order valence-electron chi connectivity index (χ1n) is 11.7. The van der Waals surface area contributed by atoms with Crippen LogP contribution in [0.4, 0.5) is 36.4 Å². The van der Waals surface area contributed by atoms with Gasteiger partial charge in [-0.2, -0.15) is 26.3 Å². The van der Waals surface area contributed by atoms with E-state index in [4.69, 9.17) is 11.6 Å². The van der Waals surface area contributed by atoms with E-state index in [0.29, 0.717) is 6.07 Å². The molecule has 1 heterocycles. The van der Waals surface area contributed by atoms with E-state index in [1.54, 1.807) is 0 Å². The molecular formula is C26H17ClF7N5O2S. The number of rotatable bonds is 8. The van der Waals surface area contributed by atoms with Crippen molar-refractivity contribution in [1.82, 2.24) is 20.1 Å². The molecule has 2 amide bonds. The summed E-state index contributed by atoms with van der Waals surface area (Å²) in [6.07, 6.45) is -9.37. The van der Waals surface area contributed by atoms with E-state index in [2.05, 4.69) is 20.8 Å². The molecule has 1 aromatic heterocycles. The lowest BCUT2D eigenvalue weighted by Crippen LogP contribution is -2.25. The van der Waals surface area contributed by atoms with E-state index < -0.39 is 46.9 Å². The third kappa shape index (κ3) is 7.59. The van der Waals surface area contributed by atoms with Crippen molar-refractivity contribution in [2.75, 3.05) is 11.1 Å². The Kier molecular flexibility index (Phi) is 9.11. The Balaban J connectivity index is 1.57. The average molecular weight is 632 g/mol. The summed E-state index contributed by atoms with van der Waals surface area (Å²) in [5.41, 5.74) is -2.38. The molecule has 0 unspecified atom stereocenters. The number of carbonyl (C=O) groups excluding carboxylic acids is 2. The molecule has 0 radical (unpaired) electrons.